The Morgan fingerprint density at radius 3 is 1.92 bits per heavy atom. The van der Waals surface area contributed by atoms with Crippen LogP contribution in [-0.2, 0) is 31.0 Å². The first-order valence-electron chi connectivity index (χ1n) is 7.86. The molecule has 0 spiro atoms. The van der Waals surface area contributed by atoms with Gasteiger partial charge in [0.2, 0.25) is 0 Å². The quantitative estimate of drug-likeness (QED) is 0.679. The molecule has 1 amide bonds. The van der Waals surface area contributed by atoms with Crippen LogP contribution in [-0.4, -0.2) is 59.0 Å². The van der Waals surface area contributed by atoms with Crippen LogP contribution in [0.15, 0.2) is 30.3 Å². The molecule has 0 aliphatic heterocycles. The number of hydrogen-bond donors (Lipinski definition) is 2. The van der Waals surface area contributed by atoms with Crippen LogP contribution >= 0.6 is 0 Å². The number of carbonyl (C=O) groups excluding carboxylic acids is 1. The van der Waals surface area contributed by atoms with E-state index in [0.29, 0.717) is 0 Å². The molecular weight excluding hydrogens is 380 g/mol. The number of alkyl carbamates (subject to hydrolysis) is 1. The van der Waals surface area contributed by atoms with E-state index in [1.165, 1.54) is 6.26 Å². The fourth-order valence-corrected chi connectivity index (χ4v) is 3.89. The highest BCUT2D eigenvalue weighted by atomic mass is 32.2. The smallest absolute Gasteiger partial charge is 0.407 e. The molecule has 2 atom stereocenters. The lowest BCUT2D eigenvalue weighted by atomic mass is 10.2. The second kappa shape index (κ2) is 11.1. The molecule has 0 fully saturated rings. The third kappa shape index (κ3) is 15.9. The number of hydrogen-bond acceptors (Lipinski definition) is 7. The van der Waals surface area contributed by atoms with Gasteiger partial charge in [0, 0.05) is 24.6 Å². The molecule has 0 saturated heterocycles. The van der Waals surface area contributed by atoms with Crippen LogP contribution in [0, 0.1) is 0 Å². The Morgan fingerprint density at radius 2 is 1.54 bits per heavy atom. The van der Waals surface area contributed by atoms with Crippen molar-refractivity contribution in [2.45, 2.75) is 32.5 Å². The maximum atomic E-state index is 11.4. The van der Waals surface area contributed by atoms with Gasteiger partial charge in [-0.3, -0.25) is 0 Å². The van der Waals surface area contributed by atoms with Crippen molar-refractivity contribution >= 4 is 25.8 Å². The van der Waals surface area contributed by atoms with Gasteiger partial charge in [0.25, 0.3) is 0 Å². The Labute approximate surface area is 156 Å². The topological polar surface area (TPSA) is 133 Å². The van der Waals surface area contributed by atoms with Crippen molar-refractivity contribution in [3.63, 3.8) is 0 Å². The lowest BCUT2D eigenvalue weighted by molar-refractivity contribution is 0.137. The lowest BCUT2D eigenvalue weighted by Crippen LogP contribution is -2.37. The van der Waals surface area contributed by atoms with Crippen LogP contribution in [0.25, 0.3) is 0 Å². The zero-order chi connectivity index (χ0) is 20.4. The average molecular weight is 409 g/mol. The molecule has 0 unspecified atom stereocenters. The zero-order valence-electron chi connectivity index (χ0n) is 15.5. The minimum Gasteiger partial charge on any atom is -0.445 e. The molecule has 8 nitrogen and oxygen atoms in total. The van der Waals surface area contributed by atoms with E-state index in [9.17, 15) is 21.6 Å². The molecule has 10 heteroatoms. The summed E-state index contributed by atoms with van der Waals surface area (Å²) >= 11 is 0. The number of amides is 1. The first kappa shape index (κ1) is 24.4. The summed E-state index contributed by atoms with van der Waals surface area (Å²) < 4.78 is 47.7. The summed E-state index contributed by atoms with van der Waals surface area (Å²) in [5.41, 5.74) is 6.08. The van der Waals surface area contributed by atoms with Gasteiger partial charge >= 0.3 is 6.09 Å². The van der Waals surface area contributed by atoms with E-state index in [1.54, 1.807) is 13.8 Å². The average Bonchev–Trinajstić information content (AvgIpc) is 2.42. The molecule has 0 aliphatic carbocycles. The lowest BCUT2D eigenvalue weighted by Gasteiger charge is -2.12. The molecular formula is C16H28N2O6S2. The Bertz CT molecular complexity index is 746. The first-order valence-corrected chi connectivity index (χ1v) is 12.0. The zero-order valence-corrected chi connectivity index (χ0v) is 17.1. The second-order valence-corrected chi connectivity index (χ2v) is 10.6. The highest BCUT2D eigenvalue weighted by Gasteiger charge is 2.13. The normalized spacial score (nSPS) is 13.7. The number of sulfone groups is 2. The monoisotopic (exact) mass is 408 g/mol. The Hall–Kier alpha value is -1.65. The molecule has 1 aromatic rings. The van der Waals surface area contributed by atoms with Crippen LogP contribution in [0.5, 0.6) is 0 Å². The van der Waals surface area contributed by atoms with Gasteiger partial charge in [0.1, 0.15) is 26.3 Å². The third-order valence-electron chi connectivity index (χ3n) is 2.70. The molecule has 0 saturated carbocycles. The molecule has 0 bridgehead atoms. The Balaban J connectivity index is 0.000000660. The molecule has 0 aromatic heterocycles. The Kier molecular flexibility index (Phi) is 10.4. The first-order chi connectivity index (χ1) is 11.8. The number of carbonyl (C=O) groups is 1. The van der Waals surface area contributed by atoms with Gasteiger partial charge < -0.3 is 15.8 Å². The van der Waals surface area contributed by atoms with Crippen molar-refractivity contribution in [3.05, 3.63) is 35.9 Å². The second-order valence-electron chi connectivity index (χ2n) is 6.27. The standard InChI is InChI=1S/C12H17NO4S.C4H11NO2S/c1-10(9-18(2,15)16)13-12(14)17-8-11-6-4-3-5-7-11;1-4(5)3-8(2,6)7/h3-7,10H,8-9H2,1-2H3,(H,13,14);4H,3,5H2,1-2H3/t10-;4-/m11/s1. The molecule has 0 aliphatic rings. The summed E-state index contributed by atoms with van der Waals surface area (Å²) in [4.78, 5) is 11.4. The summed E-state index contributed by atoms with van der Waals surface area (Å²) in [6.45, 7) is 3.45. The predicted octanol–water partition coefficient (Wildman–Crippen LogP) is 0.724. The van der Waals surface area contributed by atoms with E-state index in [2.05, 4.69) is 5.32 Å². The van der Waals surface area contributed by atoms with Crippen LogP contribution in [0.1, 0.15) is 19.4 Å². The fourth-order valence-electron chi connectivity index (χ4n) is 1.94. The maximum Gasteiger partial charge on any atom is 0.407 e. The molecule has 0 radical (unpaired) electrons. The van der Waals surface area contributed by atoms with Crippen LogP contribution in [0.4, 0.5) is 4.79 Å². The van der Waals surface area contributed by atoms with E-state index < -0.39 is 31.8 Å². The van der Waals surface area contributed by atoms with Crippen molar-refractivity contribution in [3.8, 4) is 0 Å². The molecule has 0 heterocycles. The van der Waals surface area contributed by atoms with Crippen molar-refractivity contribution in [2.24, 2.45) is 5.73 Å². The maximum absolute atomic E-state index is 11.4. The summed E-state index contributed by atoms with van der Waals surface area (Å²) in [6.07, 6.45) is 1.69. The number of nitrogens with two attached hydrogens (primary N) is 1. The van der Waals surface area contributed by atoms with E-state index in [0.717, 1.165) is 11.8 Å². The molecule has 150 valence electrons. The van der Waals surface area contributed by atoms with Gasteiger partial charge in [-0.1, -0.05) is 30.3 Å². The van der Waals surface area contributed by atoms with E-state index in [-0.39, 0.29) is 24.2 Å². The number of nitrogens with one attached hydrogen (secondary N) is 1. The largest absolute Gasteiger partial charge is 0.445 e. The van der Waals surface area contributed by atoms with Gasteiger partial charge in [-0.2, -0.15) is 0 Å². The third-order valence-corrected chi connectivity index (χ3v) is 4.93. The van der Waals surface area contributed by atoms with Crippen molar-refractivity contribution in [1.82, 2.24) is 5.32 Å². The van der Waals surface area contributed by atoms with E-state index >= 15 is 0 Å². The summed E-state index contributed by atoms with van der Waals surface area (Å²) in [7, 11) is -5.95. The van der Waals surface area contributed by atoms with Crippen molar-refractivity contribution < 1.29 is 26.4 Å². The van der Waals surface area contributed by atoms with Crippen molar-refractivity contribution in [1.29, 1.82) is 0 Å². The van der Waals surface area contributed by atoms with Crippen LogP contribution in [0.2, 0.25) is 0 Å². The summed E-state index contributed by atoms with van der Waals surface area (Å²) in [5.74, 6) is -0.0273. The molecule has 1 aromatic carbocycles. The highest BCUT2D eigenvalue weighted by Crippen LogP contribution is 2.01. The van der Waals surface area contributed by atoms with Gasteiger partial charge in [-0.15, -0.1) is 0 Å². The minimum absolute atomic E-state index is 0.0764. The number of benzene rings is 1. The highest BCUT2D eigenvalue weighted by molar-refractivity contribution is 7.90. The Morgan fingerprint density at radius 1 is 1.04 bits per heavy atom. The summed E-state index contributed by atoms with van der Waals surface area (Å²) in [6, 6.07) is 8.54. The van der Waals surface area contributed by atoms with E-state index in [1.807, 2.05) is 30.3 Å². The van der Waals surface area contributed by atoms with Gasteiger partial charge in [0.05, 0.1) is 11.5 Å². The molecule has 26 heavy (non-hydrogen) atoms. The molecule has 1 rings (SSSR count). The number of rotatable bonds is 7. The minimum atomic E-state index is -3.11. The van der Waals surface area contributed by atoms with E-state index in [4.69, 9.17) is 10.5 Å². The van der Waals surface area contributed by atoms with Crippen LogP contribution < -0.4 is 11.1 Å². The predicted molar refractivity (Wildman–Crippen MR) is 102 cm³/mol. The number of ether oxygens (including phenoxy) is 1. The van der Waals surface area contributed by atoms with Gasteiger partial charge in [0.15, 0.2) is 0 Å². The van der Waals surface area contributed by atoms with Gasteiger partial charge in [-0.05, 0) is 19.4 Å². The fraction of sp³-hybridized carbons (Fsp3) is 0.562. The van der Waals surface area contributed by atoms with Gasteiger partial charge in [-0.25, -0.2) is 21.6 Å². The van der Waals surface area contributed by atoms with Crippen LogP contribution in [0.3, 0.4) is 0 Å². The summed E-state index contributed by atoms with van der Waals surface area (Å²) in [5, 5.41) is 2.47. The molecule has 3 N–H and O–H groups in total. The van der Waals surface area contributed by atoms with Crippen molar-refractivity contribution in [2.75, 3.05) is 24.0 Å². The SMILES string of the molecule is C[C@@H](N)CS(C)(=O)=O.C[C@H](CS(C)(=O)=O)NC(=O)OCc1ccccc1.